The number of rotatable bonds is 12. The summed E-state index contributed by atoms with van der Waals surface area (Å²) in [5.74, 6) is -2.03. The smallest absolute Gasteiger partial charge is 0.313 e. The van der Waals surface area contributed by atoms with E-state index in [0.29, 0.717) is 36.5 Å². The molecule has 0 heterocycles. The van der Waals surface area contributed by atoms with Crippen molar-refractivity contribution in [1.29, 1.82) is 0 Å². The topological polar surface area (TPSA) is 130 Å². The summed E-state index contributed by atoms with van der Waals surface area (Å²) >= 11 is 0. The van der Waals surface area contributed by atoms with Crippen molar-refractivity contribution in [3.63, 3.8) is 0 Å². The lowest BCUT2D eigenvalue weighted by atomic mass is 10.1. The molecule has 0 bridgehead atoms. The molecule has 0 amide bonds. The third-order valence-corrected chi connectivity index (χ3v) is 5.12. The molecule has 0 atom stereocenters. The molecule has 0 N–H and O–H groups in total. The van der Waals surface area contributed by atoms with Crippen LogP contribution in [-0.4, -0.2) is 72.4 Å². The van der Waals surface area contributed by atoms with Gasteiger partial charge in [0.25, 0.3) is 0 Å². The number of benzene rings is 3. The zero-order chi connectivity index (χ0) is 31.2. The molecule has 0 aliphatic heterocycles. The summed E-state index contributed by atoms with van der Waals surface area (Å²) in [6.45, 7) is 6.06. The van der Waals surface area contributed by atoms with Gasteiger partial charge >= 0.3 is 17.9 Å². The van der Waals surface area contributed by atoms with Gasteiger partial charge in [-0.1, -0.05) is 91.0 Å². The molecular formula is C33H39AlO9. The molecule has 228 valence electrons. The maximum Gasteiger partial charge on any atom is 0.313 e. The first-order valence-corrected chi connectivity index (χ1v) is 13.4. The molecule has 0 saturated carbocycles. The number of carbonyl (C=O) groups excluding carboxylic acids is 6. The van der Waals surface area contributed by atoms with Crippen LogP contribution < -0.4 is 0 Å². The Kier molecular flexibility index (Phi) is 20.8. The highest BCUT2D eigenvalue weighted by Crippen LogP contribution is 2.05. The van der Waals surface area contributed by atoms with E-state index in [1.165, 1.54) is 0 Å². The first kappa shape index (κ1) is 38.6. The molecule has 3 aromatic carbocycles. The fourth-order valence-corrected chi connectivity index (χ4v) is 3.21. The van der Waals surface area contributed by atoms with Crippen LogP contribution in [0.4, 0.5) is 0 Å². The zero-order valence-electron chi connectivity index (χ0n) is 24.1. The Bertz CT molecular complexity index is 1120. The maximum absolute atomic E-state index is 11.4. The molecular weight excluding hydrogens is 567 g/mol. The molecule has 3 rings (SSSR count). The Morgan fingerprint density at radius 1 is 0.419 bits per heavy atom. The van der Waals surface area contributed by atoms with Crippen LogP contribution in [0.2, 0.25) is 0 Å². The van der Waals surface area contributed by atoms with E-state index >= 15 is 0 Å². The second-order valence-electron chi connectivity index (χ2n) is 8.31. The SMILES string of the molecule is CCOC(=O)CC(=O)c1ccccc1.CCOC(=O)CC(=O)c1ccccc1.CCOC(=O)CC(=O)c1ccccc1.[AlH3]. The van der Waals surface area contributed by atoms with E-state index < -0.39 is 17.9 Å². The van der Waals surface area contributed by atoms with E-state index in [1.54, 1.807) is 93.6 Å². The van der Waals surface area contributed by atoms with Gasteiger partial charge in [-0.05, 0) is 20.8 Å². The summed E-state index contributed by atoms with van der Waals surface area (Å²) in [7, 11) is 0. The van der Waals surface area contributed by atoms with Crippen LogP contribution in [0.15, 0.2) is 91.0 Å². The van der Waals surface area contributed by atoms with Crippen molar-refractivity contribution in [2.75, 3.05) is 19.8 Å². The summed E-state index contributed by atoms with van der Waals surface area (Å²) in [6, 6.07) is 26.1. The van der Waals surface area contributed by atoms with Gasteiger partial charge in [0.1, 0.15) is 19.3 Å². The average molecular weight is 607 g/mol. The molecule has 0 fully saturated rings. The number of hydrogen-bond acceptors (Lipinski definition) is 9. The average Bonchev–Trinajstić information content (AvgIpc) is 2.99. The van der Waals surface area contributed by atoms with E-state index in [2.05, 4.69) is 14.2 Å². The Morgan fingerprint density at radius 2 is 0.628 bits per heavy atom. The highest BCUT2D eigenvalue weighted by Gasteiger charge is 2.13. The second-order valence-corrected chi connectivity index (χ2v) is 8.31. The molecule has 43 heavy (non-hydrogen) atoms. The summed E-state index contributed by atoms with van der Waals surface area (Å²) in [6.07, 6.45) is -0.548. The Morgan fingerprint density at radius 3 is 0.814 bits per heavy atom. The Hall–Kier alpha value is -4.39. The van der Waals surface area contributed by atoms with Crippen LogP contribution in [0.1, 0.15) is 71.1 Å². The predicted octanol–water partition coefficient (Wildman–Crippen LogP) is 4.28. The number of hydrogen-bond donors (Lipinski definition) is 0. The van der Waals surface area contributed by atoms with Gasteiger partial charge in [0.15, 0.2) is 34.7 Å². The van der Waals surface area contributed by atoms with Crippen LogP contribution in [0, 0.1) is 0 Å². The molecule has 0 aliphatic rings. The van der Waals surface area contributed by atoms with Gasteiger partial charge in [-0.25, -0.2) is 0 Å². The summed E-state index contributed by atoms with van der Waals surface area (Å²) in [4.78, 5) is 67.2. The van der Waals surface area contributed by atoms with Crippen LogP contribution in [-0.2, 0) is 28.6 Å². The minimum atomic E-state index is -0.471. The molecule has 10 heteroatoms. The van der Waals surface area contributed by atoms with Crippen molar-refractivity contribution < 1.29 is 43.0 Å². The normalized spacial score (nSPS) is 9.28. The largest absolute Gasteiger partial charge is 0.466 e. The number of esters is 3. The van der Waals surface area contributed by atoms with Crippen LogP contribution in [0.5, 0.6) is 0 Å². The van der Waals surface area contributed by atoms with Gasteiger partial charge in [-0.3, -0.25) is 28.8 Å². The fraction of sp³-hybridized carbons (Fsp3) is 0.273. The van der Waals surface area contributed by atoms with E-state index in [9.17, 15) is 28.8 Å². The van der Waals surface area contributed by atoms with Gasteiger partial charge < -0.3 is 14.2 Å². The van der Waals surface area contributed by atoms with Crippen molar-refractivity contribution in [2.45, 2.75) is 40.0 Å². The van der Waals surface area contributed by atoms with Gasteiger partial charge in [-0.2, -0.15) is 0 Å². The number of ketones is 3. The Labute approximate surface area is 262 Å². The minimum Gasteiger partial charge on any atom is -0.466 e. The van der Waals surface area contributed by atoms with E-state index in [-0.39, 0.29) is 54.0 Å². The molecule has 0 radical (unpaired) electrons. The zero-order valence-corrected chi connectivity index (χ0v) is 24.1. The maximum atomic E-state index is 11.4. The van der Waals surface area contributed by atoms with Crippen LogP contribution >= 0.6 is 0 Å². The molecule has 0 saturated heterocycles. The van der Waals surface area contributed by atoms with Crippen molar-refractivity contribution >= 4 is 52.6 Å². The number of Topliss-reactive ketones (excluding diaryl/α,β-unsaturated/α-hetero) is 3. The summed E-state index contributed by atoms with van der Waals surface area (Å²) in [5.41, 5.74) is 1.63. The quantitative estimate of drug-likeness (QED) is 0.0975. The minimum absolute atomic E-state index is 0. The van der Waals surface area contributed by atoms with E-state index in [1.807, 2.05) is 18.2 Å². The van der Waals surface area contributed by atoms with Crippen molar-refractivity contribution in [2.24, 2.45) is 0 Å². The summed E-state index contributed by atoms with van der Waals surface area (Å²) in [5, 5.41) is 0. The predicted molar refractivity (Wildman–Crippen MR) is 166 cm³/mol. The van der Waals surface area contributed by atoms with Crippen LogP contribution in [0.25, 0.3) is 0 Å². The highest BCUT2D eigenvalue weighted by molar-refractivity contribution is 6.07. The first-order valence-electron chi connectivity index (χ1n) is 13.4. The standard InChI is InChI=1S/3C11H12O3.Al.3H/c3*1-2-14-11(13)8-10(12)9-6-4-3-5-7-9;;;;/h3*3-7H,2,8H2,1H3;;;;. The molecule has 0 aliphatic carbocycles. The molecule has 0 spiro atoms. The van der Waals surface area contributed by atoms with E-state index in [0.717, 1.165) is 0 Å². The number of carbonyl (C=O) groups is 6. The third kappa shape index (κ3) is 17.2. The Balaban J connectivity index is 0.000000608. The molecule has 9 nitrogen and oxygen atoms in total. The van der Waals surface area contributed by atoms with Gasteiger partial charge in [0.05, 0.1) is 19.8 Å². The van der Waals surface area contributed by atoms with Crippen molar-refractivity contribution in [1.82, 2.24) is 0 Å². The highest BCUT2D eigenvalue weighted by atomic mass is 27.0. The lowest BCUT2D eigenvalue weighted by Crippen LogP contribution is -2.11. The van der Waals surface area contributed by atoms with Crippen LogP contribution in [0.3, 0.4) is 0 Å². The summed E-state index contributed by atoms with van der Waals surface area (Å²) < 4.78 is 14.0. The van der Waals surface area contributed by atoms with E-state index in [4.69, 9.17) is 0 Å². The fourth-order valence-electron chi connectivity index (χ4n) is 3.21. The van der Waals surface area contributed by atoms with Gasteiger partial charge in [0.2, 0.25) is 0 Å². The van der Waals surface area contributed by atoms with Crippen molar-refractivity contribution in [3.05, 3.63) is 108 Å². The van der Waals surface area contributed by atoms with Gasteiger partial charge in [-0.15, -0.1) is 0 Å². The van der Waals surface area contributed by atoms with Gasteiger partial charge in [0, 0.05) is 16.7 Å². The number of ether oxygens (including phenoxy) is 3. The lowest BCUT2D eigenvalue weighted by Gasteiger charge is -2.00. The molecule has 0 aromatic heterocycles. The lowest BCUT2D eigenvalue weighted by molar-refractivity contribution is -0.143. The molecule has 3 aromatic rings. The first-order chi connectivity index (χ1) is 20.2. The monoisotopic (exact) mass is 606 g/mol. The molecule has 0 unspecified atom stereocenters. The van der Waals surface area contributed by atoms with Crippen molar-refractivity contribution in [3.8, 4) is 0 Å². The third-order valence-electron chi connectivity index (χ3n) is 5.12. The second kappa shape index (κ2) is 23.2.